The van der Waals surface area contributed by atoms with Crippen LogP contribution in [0.1, 0.15) is 11.5 Å². The fourth-order valence-corrected chi connectivity index (χ4v) is 1.28. The minimum Gasteiger partial charge on any atom is -0.441 e. The van der Waals surface area contributed by atoms with Gasteiger partial charge in [0, 0.05) is 18.0 Å². The summed E-state index contributed by atoms with van der Waals surface area (Å²) in [6.07, 6.45) is 3.64. The average molecular weight is 199 g/mol. The standard InChI is InChI=1S/C11H9N3O/c1-8-10(2-5-12)14-11(15-8)9-3-6-13-7-4-9/h3-4,6-7H,2H2,1H3. The first kappa shape index (κ1) is 9.41. The average Bonchev–Trinajstić information content (AvgIpc) is 2.63. The monoisotopic (exact) mass is 199 g/mol. The Hall–Kier alpha value is -2.15. The molecular formula is C11H9N3O. The van der Waals surface area contributed by atoms with Crippen molar-refractivity contribution in [3.8, 4) is 17.5 Å². The molecule has 2 aromatic rings. The minimum atomic E-state index is 0.278. The first-order chi connectivity index (χ1) is 7.31. The van der Waals surface area contributed by atoms with Crippen molar-refractivity contribution in [1.29, 1.82) is 5.26 Å². The molecule has 2 heterocycles. The van der Waals surface area contributed by atoms with Gasteiger partial charge in [-0.3, -0.25) is 4.98 Å². The van der Waals surface area contributed by atoms with Crippen molar-refractivity contribution >= 4 is 0 Å². The smallest absolute Gasteiger partial charge is 0.226 e. The van der Waals surface area contributed by atoms with E-state index in [0.717, 1.165) is 5.56 Å². The van der Waals surface area contributed by atoms with Crippen LogP contribution in [0.4, 0.5) is 0 Å². The van der Waals surface area contributed by atoms with E-state index >= 15 is 0 Å². The van der Waals surface area contributed by atoms with Crippen molar-refractivity contribution in [1.82, 2.24) is 9.97 Å². The van der Waals surface area contributed by atoms with Crippen LogP contribution in [0.3, 0.4) is 0 Å². The van der Waals surface area contributed by atoms with E-state index in [1.54, 1.807) is 12.4 Å². The van der Waals surface area contributed by atoms with E-state index in [0.29, 0.717) is 17.3 Å². The lowest BCUT2D eigenvalue weighted by atomic mass is 10.3. The Morgan fingerprint density at radius 2 is 2.13 bits per heavy atom. The molecule has 0 radical (unpaired) electrons. The second kappa shape index (κ2) is 3.93. The lowest BCUT2D eigenvalue weighted by Gasteiger charge is -1.91. The summed E-state index contributed by atoms with van der Waals surface area (Å²) in [6.45, 7) is 1.81. The fraction of sp³-hybridized carbons (Fsp3) is 0.182. The van der Waals surface area contributed by atoms with Gasteiger partial charge < -0.3 is 4.42 Å². The van der Waals surface area contributed by atoms with Crippen LogP contribution in [0.15, 0.2) is 28.9 Å². The van der Waals surface area contributed by atoms with Crippen molar-refractivity contribution in [2.24, 2.45) is 0 Å². The van der Waals surface area contributed by atoms with Gasteiger partial charge >= 0.3 is 0 Å². The molecule has 0 unspecified atom stereocenters. The highest BCUT2D eigenvalue weighted by Gasteiger charge is 2.10. The zero-order chi connectivity index (χ0) is 10.7. The van der Waals surface area contributed by atoms with E-state index in [1.165, 1.54) is 0 Å². The molecule has 2 rings (SSSR count). The SMILES string of the molecule is Cc1oc(-c2ccncc2)nc1CC#N. The number of rotatable bonds is 2. The van der Waals surface area contributed by atoms with E-state index in [1.807, 2.05) is 19.1 Å². The highest BCUT2D eigenvalue weighted by atomic mass is 16.4. The number of aromatic nitrogens is 2. The fourth-order valence-electron chi connectivity index (χ4n) is 1.28. The van der Waals surface area contributed by atoms with Gasteiger partial charge in [0.1, 0.15) is 5.76 Å². The summed E-state index contributed by atoms with van der Waals surface area (Å²) in [7, 11) is 0. The van der Waals surface area contributed by atoms with E-state index in [9.17, 15) is 0 Å². The minimum absolute atomic E-state index is 0.278. The van der Waals surface area contributed by atoms with E-state index in [2.05, 4.69) is 16.0 Å². The van der Waals surface area contributed by atoms with Gasteiger partial charge in [0.2, 0.25) is 5.89 Å². The number of nitriles is 1. The Labute approximate surface area is 87.2 Å². The maximum absolute atomic E-state index is 8.58. The Morgan fingerprint density at radius 3 is 2.80 bits per heavy atom. The molecule has 0 aliphatic heterocycles. The number of nitrogens with zero attached hydrogens (tertiary/aromatic N) is 3. The molecule has 0 aliphatic rings. The molecule has 0 fully saturated rings. The molecule has 0 N–H and O–H groups in total. The molecule has 0 bridgehead atoms. The predicted molar refractivity (Wildman–Crippen MR) is 53.8 cm³/mol. The van der Waals surface area contributed by atoms with E-state index in [-0.39, 0.29) is 6.42 Å². The van der Waals surface area contributed by atoms with Gasteiger partial charge in [0.05, 0.1) is 18.2 Å². The van der Waals surface area contributed by atoms with Gasteiger partial charge in [0.15, 0.2) is 0 Å². The van der Waals surface area contributed by atoms with Gasteiger partial charge in [-0.2, -0.15) is 5.26 Å². The lowest BCUT2D eigenvalue weighted by Crippen LogP contribution is -1.84. The summed E-state index contributed by atoms with van der Waals surface area (Å²) in [5.41, 5.74) is 1.57. The third-order valence-corrected chi connectivity index (χ3v) is 2.07. The molecule has 74 valence electrons. The molecule has 2 aromatic heterocycles. The predicted octanol–water partition coefficient (Wildman–Crippen LogP) is 2.11. The van der Waals surface area contributed by atoms with Gasteiger partial charge in [-0.05, 0) is 19.1 Å². The molecular weight excluding hydrogens is 190 g/mol. The number of pyridine rings is 1. The van der Waals surface area contributed by atoms with Crippen molar-refractivity contribution in [3.05, 3.63) is 36.0 Å². The summed E-state index contributed by atoms with van der Waals surface area (Å²) < 4.78 is 5.46. The largest absolute Gasteiger partial charge is 0.441 e. The molecule has 4 heteroatoms. The highest BCUT2D eigenvalue weighted by molar-refractivity contribution is 5.52. The normalized spacial score (nSPS) is 9.87. The van der Waals surface area contributed by atoms with Crippen LogP contribution in [0.5, 0.6) is 0 Å². The summed E-state index contributed by atoms with van der Waals surface area (Å²) in [4.78, 5) is 8.17. The van der Waals surface area contributed by atoms with Crippen molar-refractivity contribution in [2.75, 3.05) is 0 Å². The molecule has 0 aliphatic carbocycles. The van der Waals surface area contributed by atoms with E-state index in [4.69, 9.17) is 9.68 Å². The van der Waals surface area contributed by atoms with Crippen molar-refractivity contribution < 1.29 is 4.42 Å². The van der Waals surface area contributed by atoms with Crippen LogP contribution in [0, 0.1) is 18.3 Å². The summed E-state index contributed by atoms with van der Waals surface area (Å²) in [5.74, 6) is 1.24. The first-order valence-corrected chi connectivity index (χ1v) is 4.55. The Morgan fingerprint density at radius 1 is 1.40 bits per heavy atom. The summed E-state index contributed by atoms with van der Waals surface area (Å²) >= 11 is 0. The molecule has 0 saturated carbocycles. The van der Waals surface area contributed by atoms with Gasteiger partial charge in [-0.15, -0.1) is 0 Å². The first-order valence-electron chi connectivity index (χ1n) is 4.55. The highest BCUT2D eigenvalue weighted by Crippen LogP contribution is 2.20. The summed E-state index contributed by atoms with van der Waals surface area (Å²) in [5, 5.41) is 8.58. The van der Waals surface area contributed by atoms with Crippen LogP contribution < -0.4 is 0 Å². The molecule has 0 atom stereocenters. The number of hydrogen-bond donors (Lipinski definition) is 0. The number of hydrogen-bond acceptors (Lipinski definition) is 4. The third-order valence-electron chi connectivity index (χ3n) is 2.07. The van der Waals surface area contributed by atoms with Gasteiger partial charge in [-0.1, -0.05) is 0 Å². The second-order valence-electron chi connectivity index (χ2n) is 3.09. The zero-order valence-electron chi connectivity index (χ0n) is 8.27. The molecule has 0 spiro atoms. The van der Waals surface area contributed by atoms with Gasteiger partial charge in [-0.25, -0.2) is 4.98 Å². The van der Waals surface area contributed by atoms with Crippen LogP contribution >= 0.6 is 0 Å². The van der Waals surface area contributed by atoms with E-state index < -0.39 is 0 Å². The van der Waals surface area contributed by atoms with Crippen molar-refractivity contribution in [3.63, 3.8) is 0 Å². The molecule has 4 nitrogen and oxygen atoms in total. The Balaban J connectivity index is 2.40. The molecule has 0 amide bonds. The van der Waals surface area contributed by atoms with Crippen LogP contribution in [-0.2, 0) is 6.42 Å². The Kier molecular flexibility index (Phi) is 2.46. The molecule has 0 aromatic carbocycles. The summed E-state index contributed by atoms with van der Waals surface area (Å²) in [6, 6.07) is 5.70. The van der Waals surface area contributed by atoms with Crippen LogP contribution in [0.25, 0.3) is 11.5 Å². The third kappa shape index (κ3) is 1.86. The quantitative estimate of drug-likeness (QED) is 0.743. The maximum Gasteiger partial charge on any atom is 0.226 e. The zero-order valence-corrected chi connectivity index (χ0v) is 8.27. The van der Waals surface area contributed by atoms with Gasteiger partial charge in [0.25, 0.3) is 0 Å². The lowest BCUT2D eigenvalue weighted by molar-refractivity contribution is 0.540. The molecule has 15 heavy (non-hydrogen) atoms. The topological polar surface area (TPSA) is 62.7 Å². The van der Waals surface area contributed by atoms with Crippen LogP contribution in [0.2, 0.25) is 0 Å². The van der Waals surface area contributed by atoms with Crippen LogP contribution in [-0.4, -0.2) is 9.97 Å². The maximum atomic E-state index is 8.58. The number of aryl methyl sites for hydroxylation is 1. The number of oxazole rings is 1. The Bertz CT molecular complexity index is 496. The second-order valence-corrected chi connectivity index (χ2v) is 3.09. The van der Waals surface area contributed by atoms with Crippen molar-refractivity contribution in [2.45, 2.75) is 13.3 Å². The molecule has 0 saturated heterocycles.